The van der Waals surface area contributed by atoms with Gasteiger partial charge in [-0.3, -0.25) is 9.59 Å². The molecule has 3 rings (SSSR count). The van der Waals surface area contributed by atoms with Gasteiger partial charge in [0, 0.05) is 32.6 Å². The zero-order valence-corrected chi connectivity index (χ0v) is 14.9. The van der Waals surface area contributed by atoms with Crippen LogP contribution in [0.2, 0.25) is 0 Å². The fourth-order valence-electron chi connectivity index (χ4n) is 3.96. The predicted octanol–water partition coefficient (Wildman–Crippen LogP) is 2.33. The molecule has 5 heteroatoms. The maximum atomic E-state index is 12.6. The smallest absolute Gasteiger partial charge is 0.244 e. The van der Waals surface area contributed by atoms with Crippen LogP contribution in [-0.2, 0) is 9.59 Å². The Morgan fingerprint density at radius 3 is 2.24 bits per heavy atom. The normalized spacial score (nSPS) is 19.9. The average molecular weight is 343 g/mol. The lowest BCUT2D eigenvalue weighted by Gasteiger charge is -2.36. The van der Waals surface area contributed by atoms with Gasteiger partial charge in [0.25, 0.3) is 0 Å². The average Bonchev–Trinajstić information content (AvgIpc) is 3.19. The number of nitrogens with zero attached hydrogens (tertiary/aromatic N) is 2. The largest absolute Gasteiger partial charge is 0.339 e. The van der Waals surface area contributed by atoms with Crippen molar-refractivity contribution in [3.05, 3.63) is 35.9 Å². The number of hydrogen-bond donors (Lipinski definition) is 1. The molecule has 0 aromatic heterocycles. The van der Waals surface area contributed by atoms with Gasteiger partial charge in [0.15, 0.2) is 0 Å². The number of piperazine rings is 1. The molecule has 2 aliphatic rings. The van der Waals surface area contributed by atoms with E-state index < -0.39 is 6.04 Å². The first-order valence-electron chi connectivity index (χ1n) is 9.52. The second-order valence-electron chi connectivity index (χ2n) is 7.28. The van der Waals surface area contributed by atoms with Crippen LogP contribution in [0.5, 0.6) is 0 Å². The molecule has 5 nitrogen and oxygen atoms in total. The molecule has 0 radical (unpaired) electrons. The van der Waals surface area contributed by atoms with Gasteiger partial charge in [-0.2, -0.15) is 0 Å². The highest BCUT2D eigenvalue weighted by molar-refractivity contribution is 5.83. The van der Waals surface area contributed by atoms with Crippen molar-refractivity contribution in [3.8, 4) is 0 Å². The summed E-state index contributed by atoms with van der Waals surface area (Å²) >= 11 is 0. The van der Waals surface area contributed by atoms with Crippen LogP contribution in [0.25, 0.3) is 0 Å². The minimum atomic E-state index is -0.620. The van der Waals surface area contributed by atoms with E-state index in [-0.39, 0.29) is 11.8 Å². The molecule has 136 valence electrons. The SMILES string of the molecule is NC(C(=O)N1CCN(C(=O)CCC2CCCC2)CC1)c1ccccc1. The number of nitrogens with two attached hydrogens (primary N) is 1. The summed E-state index contributed by atoms with van der Waals surface area (Å²) < 4.78 is 0. The lowest BCUT2D eigenvalue weighted by Crippen LogP contribution is -2.52. The van der Waals surface area contributed by atoms with Crippen LogP contribution in [-0.4, -0.2) is 47.8 Å². The molecule has 1 aromatic rings. The van der Waals surface area contributed by atoms with Gasteiger partial charge in [0.05, 0.1) is 0 Å². The van der Waals surface area contributed by atoms with Crippen LogP contribution >= 0.6 is 0 Å². The summed E-state index contributed by atoms with van der Waals surface area (Å²) in [5.41, 5.74) is 6.95. The summed E-state index contributed by atoms with van der Waals surface area (Å²) in [6.45, 7) is 2.40. The quantitative estimate of drug-likeness (QED) is 0.892. The Kier molecular flexibility index (Phi) is 6.08. The first-order chi connectivity index (χ1) is 12.1. The van der Waals surface area contributed by atoms with E-state index in [1.54, 1.807) is 4.90 Å². The van der Waals surface area contributed by atoms with Crippen LogP contribution < -0.4 is 5.73 Å². The van der Waals surface area contributed by atoms with Gasteiger partial charge in [-0.1, -0.05) is 56.0 Å². The lowest BCUT2D eigenvalue weighted by atomic mass is 10.0. The topological polar surface area (TPSA) is 66.6 Å². The standard InChI is InChI=1S/C20H29N3O2/c21-19(17-8-2-1-3-9-17)20(25)23-14-12-22(13-15-23)18(24)11-10-16-6-4-5-7-16/h1-3,8-9,16,19H,4-7,10-15,21H2. The van der Waals surface area contributed by atoms with Crippen molar-refractivity contribution in [2.75, 3.05) is 26.2 Å². The summed E-state index contributed by atoms with van der Waals surface area (Å²) in [6, 6.07) is 8.84. The summed E-state index contributed by atoms with van der Waals surface area (Å²) in [5, 5.41) is 0. The molecular weight excluding hydrogens is 314 g/mol. The Morgan fingerprint density at radius 2 is 1.60 bits per heavy atom. The number of amides is 2. The highest BCUT2D eigenvalue weighted by atomic mass is 16.2. The molecule has 2 N–H and O–H groups in total. The molecule has 0 spiro atoms. The minimum absolute atomic E-state index is 0.0516. The van der Waals surface area contributed by atoms with Crippen molar-refractivity contribution in [2.24, 2.45) is 11.7 Å². The van der Waals surface area contributed by atoms with Crippen LogP contribution in [0.1, 0.15) is 50.1 Å². The third-order valence-electron chi connectivity index (χ3n) is 5.61. The number of carbonyl (C=O) groups is 2. The molecule has 25 heavy (non-hydrogen) atoms. The van der Waals surface area contributed by atoms with Gasteiger partial charge >= 0.3 is 0 Å². The van der Waals surface area contributed by atoms with E-state index in [0.29, 0.717) is 32.6 Å². The first kappa shape index (κ1) is 17.9. The van der Waals surface area contributed by atoms with Crippen molar-refractivity contribution in [2.45, 2.75) is 44.6 Å². The Hall–Kier alpha value is -1.88. The molecule has 1 unspecified atom stereocenters. The summed E-state index contributed by atoms with van der Waals surface area (Å²) in [4.78, 5) is 28.7. The Balaban J connectivity index is 1.44. The van der Waals surface area contributed by atoms with Crippen LogP contribution in [0.3, 0.4) is 0 Å². The predicted molar refractivity (Wildman–Crippen MR) is 97.7 cm³/mol. The van der Waals surface area contributed by atoms with Crippen molar-refractivity contribution in [1.82, 2.24) is 9.80 Å². The highest BCUT2D eigenvalue weighted by Gasteiger charge is 2.28. The van der Waals surface area contributed by atoms with E-state index in [4.69, 9.17) is 5.73 Å². The summed E-state index contributed by atoms with van der Waals surface area (Å²) in [6.07, 6.45) is 6.89. The van der Waals surface area contributed by atoms with Gasteiger partial charge in [-0.15, -0.1) is 0 Å². The molecule has 1 heterocycles. The molecule has 1 atom stereocenters. The molecule has 1 saturated carbocycles. The van der Waals surface area contributed by atoms with E-state index in [1.165, 1.54) is 25.7 Å². The second-order valence-corrected chi connectivity index (χ2v) is 7.28. The maximum Gasteiger partial charge on any atom is 0.244 e. The number of hydrogen-bond acceptors (Lipinski definition) is 3. The zero-order chi connectivity index (χ0) is 17.6. The molecule has 0 bridgehead atoms. The number of rotatable bonds is 5. The lowest BCUT2D eigenvalue weighted by molar-refractivity contribution is -0.140. The van der Waals surface area contributed by atoms with E-state index >= 15 is 0 Å². The molecule has 1 aliphatic carbocycles. The van der Waals surface area contributed by atoms with Crippen LogP contribution in [0.15, 0.2) is 30.3 Å². The monoisotopic (exact) mass is 343 g/mol. The first-order valence-corrected chi connectivity index (χ1v) is 9.52. The molecule has 2 amide bonds. The third kappa shape index (κ3) is 4.60. The number of carbonyl (C=O) groups excluding carboxylic acids is 2. The fraction of sp³-hybridized carbons (Fsp3) is 0.600. The molecule has 1 aromatic carbocycles. The summed E-state index contributed by atoms with van der Waals surface area (Å²) in [7, 11) is 0. The van der Waals surface area contributed by atoms with E-state index in [0.717, 1.165) is 17.9 Å². The fourth-order valence-corrected chi connectivity index (χ4v) is 3.96. The molecule has 2 fully saturated rings. The van der Waals surface area contributed by atoms with Crippen molar-refractivity contribution < 1.29 is 9.59 Å². The third-order valence-corrected chi connectivity index (χ3v) is 5.61. The Labute approximate surface area is 150 Å². The minimum Gasteiger partial charge on any atom is -0.339 e. The van der Waals surface area contributed by atoms with E-state index in [2.05, 4.69) is 0 Å². The highest BCUT2D eigenvalue weighted by Crippen LogP contribution is 2.28. The van der Waals surface area contributed by atoms with Crippen molar-refractivity contribution in [3.63, 3.8) is 0 Å². The van der Waals surface area contributed by atoms with Crippen molar-refractivity contribution >= 4 is 11.8 Å². The zero-order valence-electron chi connectivity index (χ0n) is 14.9. The Morgan fingerprint density at radius 1 is 1.00 bits per heavy atom. The van der Waals surface area contributed by atoms with E-state index in [9.17, 15) is 9.59 Å². The van der Waals surface area contributed by atoms with Gasteiger partial charge in [-0.05, 0) is 17.9 Å². The van der Waals surface area contributed by atoms with E-state index in [1.807, 2.05) is 35.2 Å². The molecular formula is C20H29N3O2. The second kappa shape index (κ2) is 8.48. The van der Waals surface area contributed by atoms with Crippen LogP contribution in [0, 0.1) is 5.92 Å². The van der Waals surface area contributed by atoms with Gasteiger partial charge < -0.3 is 15.5 Å². The van der Waals surface area contributed by atoms with Gasteiger partial charge in [-0.25, -0.2) is 0 Å². The van der Waals surface area contributed by atoms with Gasteiger partial charge in [0.2, 0.25) is 11.8 Å². The summed E-state index contributed by atoms with van der Waals surface area (Å²) in [5.74, 6) is 0.936. The molecule has 1 aliphatic heterocycles. The van der Waals surface area contributed by atoms with Gasteiger partial charge in [0.1, 0.15) is 6.04 Å². The van der Waals surface area contributed by atoms with Crippen molar-refractivity contribution in [1.29, 1.82) is 0 Å². The number of benzene rings is 1. The Bertz CT molecular complexity index is 576. The van der Waals surface area contributed by atoms with Crippen LogP contribution in [0.4, 0.5) is 0 Å². The molecule has 1 saturated heterocycles. The maximum absolute atomic E-state index is 12.6.